The zero-order chi connectivity index (χ0) is 21.4. The van der Waals surface area contributed by atoms with Crippen LogP contribution in [0.15, 0.2) is 29.4 Å². The summed E-state index contributed by atoms with van der Waals surface area (Å²) in [6, 6.07) is 7.09. The Balaban J connectivity index is 1.70. The van der Waals surface area contributed by atoms with Crippen LogP contribution in [0, 0.1) is 4.91 Å². The van der Waals surface area contributed by atoms with Crippen LogP contribution in [0.1, 0.15) is 26.3 Å². The van der Waals surface area contributed by atoms with E-state index in [4.69, 9.17) is 17.0 Å². The molecule has 158 valence electrons. The molecule has 0 saturated carbocycles. The largest absolute Gasteiger partial charge is 0.444 e. The zero-order valence-electron chi connectivity index (χ0n) is 16.8. The average Bonchev–Trinajstić information content (AvgIpc) is 2.69. The minimum atomic E-state index is -0.598. The number of thiocarbonyl (C=S) groups is 1. The first-order valence-corrected chi connectivity index (χ1v) is 10.7. The van der Waals surface area contributed by atoms with Crippen molar-refractivity contribution in [1.29, 1.82) is 0 Å². The number of hydrogen-bond donors (Lipinski definition) is 1. The third-order valence-corrected chi connectivity index (χ3v) is 5.67. The van der Waals surface area contributed by atoms with E-state index in [9.17, 15) is 14.5 Å². The molecular weight excluding hydrogens is 412 g/mol. The Kier molecular flexibility index (Phi) is 8.39. The molecule has 0 atom stereocenters. The van der Waals surface area contributed by atoms with Gasteiger partial charge in [0.2, 0.25) is 5.91 Å². The zero-order valence-corrected chi connectivity index (χ0v) is 18.5. The second-order valence-corrected chi connectivity index (χ2v) is 9.14. The highest BCUT2D eigenvalue weighted by molar-refractivity contribution is 8.22. The van der Waals surface area contributed by atoms with Crippen LogP contribution in [-0.4, -0.2) is 64.4 Å². The van der Waals surface area contributed by atoms with E-state index in [0.29, 0.717) is 37.6 Å². The van der Waals surface area contributed by atoms with E-state index in [1.54, 1.807) is 49.6 Å². The third-order valence-electron chi connectivity index (χ3n) is 4.08. The minimum absolute atomic E-state index is 0.0836. The average molecular weight is 439 g/mol. The van der Waals surface area contributed by atoms with Crippen LogP contribution in [-0.2, 0) is 15.3 Å². The molecule has 1 fully saturated rings. The Morgan fingerprint density at radius 2 is 1.72 bits per heavy atom. The molecular formula is C19H26N4O4S2. The maximum absolute atomic E-state index is 12.3. The van der Waals surface area contributed by atoms with E-state index in [2.05, 4.69) is 15.4 Å². The summed E-state index contributed by atoms with van der Waals surface area (Å²) in [6.45, 7) is 7.63. The number of carbonyl (C=O) groups excluding carboxylic acids is 2. The van der Waals surface area contributed by atoms with Crippen molar-refractivity contribution in [3.63, 3.8) is 0 Å². The Labute approximate surface area is 180 Å². The van der Waals surface area contributed by atoms with Crippen LogP contribution < -0.4 is 5.32 Å². The van der Waals surface area contributed by atoms with E-state index in [1.807, 2.05) is 12.1 Å². The first-order valence-electron chi connectivity index (χ1n) is 9.26. The summed E-state index contributed by atoms with van der Waals surface area (Å²) in [4.78, 5) is 38.2. The maximum atomic E-state index is 12.3. The maximum Gasteiger partial charge on any atom is 0.408 e. The SMILES string of the molecule is CC(C)(C)OC(=O)NCC(=O)N1CCN(C(=S)SCc2ccc(N=O)cc2)CC1. The molecule has 0 unspecified atom stereocenters. The standard InChI is InChI=1S/C19H26N4O4S2/c1-19(2,3)27-17(25)20-12-16(24)22-8-10-23(11-9-22)18(28)29-13-14-4-6-15(21-26)7-5-14/h4-7H,8-13H2,1-3H3,(H,20,25). The number of piperazine rings is 1. The van der Waals surface area contributed by atoms with E-state index in [-0.39, 0.29) is 12.5 Å². The Hall–Kier alpha value is -2.20. The van der Waals surface area contributed by atoms with Crippen molar-refractivity contribution in [1.82, 2.24) is 15.1 Å². The van der Waals surface area contributed by atoms with Gasteiger partial charge in [0.25, 0.3) is 0 Å². The molecule has 1 aliphatic rings. The summed E-state index contributed by atoms with van der Waals surface area (Å²) in [7, 11) is 0. The predicted octanol–water partition coefficient (Wildman–Crippen LogP) is 3.27. The highest BCUT2D eigenvalue weighted by Gasteiger charge is 2.23. The fourth-order valence-corrected chi connectivity index (χ4v) is 3.81. The molecule has 0 radical (unpaired) electrons. The summed E-state index contributed by atoms with van der Waals surface area (Å²) in [5.41, 5.74) is 0.870. The van der Waals surface area contributed by atoms with Gasteiger partial charge in [-0.05, 0) is 43.6 Å². The van der Waals surface area contributed by atoms with Crippen molar-refractivity contribution in [2.75, 3.05) is 32.7 Å². The fraction of sp³-hybridized carbons (Fsp3) is 0.526. The molecule has 1 aliphatic heterocycles. The summed E-state index contributed by atoms with van der Waals surface area (Å²) in [6.07, 6.45) is -0.598. The lowest BCUT2D eigenvalue weighted by molar-refractivity contribution is -0.131. The Morgan fingerprint density at radius 3 is 2.28 bits per heavy atom. The van der Waals surface area contributed by atoms with Crippen LogP contribution in [0.3, 0.4) is 0 Å². The summed E-state index contributed by atoms with van der Waals surface area (Å²) in [5, 5.41) is 5.38. The molecule has 10 heteroatoms. The molecule has 2 rings (SSSR count). The van der Waals surface area contributed by atoms with Gasteiger partial charge < -0.3 is 19.9 Å². The van der Waals surface area contributed by atoms with Crippen molar-refractivity contribution in [3.05, 3.63) is 34.7 Å². The second kappa shape index (κ2) is 10.5. The highest BCUT2D eigenvalue weighted by atomic mass is 32.2. The molecule has 2 amide bonds. The first kappa shape index (κ1) is 23.1. The minimum Gasteiger partial charge on any atom is -0.444 e. The van der Waals surface area contributed by atoms with Gasteiger partial charge in [0, 0.05) is 31.9 Å². The number of rotatable bonds is 5. The molecule has 0 spiro atoms. The molecule has 0 aromatic heterocycles. The molecule has 0 bridgehead atoms. The van der Waals surface area contributed by atoms with Gasteiger partial charge >= 0.3 is 6.09 Å². The lowest BCUT2D eigenvalue weighted by Gasteiger charge is -2.36. The van der Waals surface area contributed by atoms with Crippen LogP contribution >= 0.6 is 24.0 Å². The Morgan fingerprint density at radius 1 is 1.14 bits per heavy atom. The highest BCUT2D eigenvalue weighted by Crippen LogP contribution is 2.20. The number of amides is 2. The number of nitrogens with zero attached hydrogens (tertiary/aromatic N) is 3. The summed E-state index contributed by atoms with van der Waals surface area (Å²) < 4.78 is 5.91. The third kappa shape index (κ3) is 7.98. The molecule has 29 heavy (non-hydrogen) atoms. The van der Waals surface area contributed by atoms with Gasteiger partial charge in [-0.25, -0.2) is 4.79 Å². The number of hydrogen-bond acceptors (Lipinski definition) is 7. The number of nitrogens with one attached hydrogen (secondary N) is 1. The van der Waals surface area contributed by atoms with Crippen molar-refractivity contribution in [3.8, 4) is 0 Å². The first-order chi connectivity index (χ1) is 13.7. The topological polar surface area (TPSA) is 91.3 Å². The quantitative estimate of drug-likeness (QED) is 0.557. The molecule has 1 aromatic carbocycles. The lowest BCUT2D eigenvalue weighted by atomic mass is 10.2. The summed E-state index contributed by atoms with van der Waals surface area (Å²) >= 11 is 7.06. The molecule has 1 saturated heterocycles. The monoisotopic (exact) mass is 438 g/mol. The summed E-state index contributed by atoms with van der Waals surface area (Å²) in [5.74, 6) is 0.565. The number of benzene rings is 1. The van der Waals surface area contributed by atoms with Gasteiger partial charge in [0.1, 0.15) is 22.2 Å². The van der Waals surface area contributed by atoms with Gasteiger partial charge in [0.15, 0.2) is 0 Å². The van der Waals surface area contributed by atoms with Crippen LogP contribution in [0.2, 0.25) is 0 Å². The van der Waals surface area contributed by atoms with E-state index in [1.165, 1.54) is 0 Å². The number of nitroso groups, excluding NO2 is 1. The fourth-order valence-electron chi connectivity index (χ4n) is 2.60. The number of thioether (sulfide) groups is 1. The van der Waals surface area contributed by atoms with Gasteiger partial charge in [0.05, 0.1) is 0 Å². The predicted molar refractivity (Wildman–Crippen MR) is 118 cm³/mol. The number of alkyl carbamates (subject to hydrolysis) is 1. The number of carbonyl (C=O) groups is 2. The van der Waals surface area contributed by atoms with Gasteiger partial charge in [-0.2, -0.15) is 0 Å². The van der Waals surface area contributed by atoms with Gasteiger partial charge in [-0.1, -0.05) is 36.1 Å². The smallest absolute Gasteiger partial charge is 0.408 e. The second-order valence-electron chi connectivity index (χ2n) is 7.54. The van der Waals surface area contributed by atoms with E-state index in [0.717, 1.165) is 9.88 Å². The van der Waals surface area contributed by atoms with E-state index >= 15 is 0 Å². The lowest BCUT2D eigenvalue weighted by Crippen LogP contribution is -2.52. The molecule has 8 nitrogen and oxygen atoms in total. The van der Waals surface area contributed by atoms with Crippen molar-refractivity contribution < 1.29 is 14.3 Å². The molecule has 1 heterocycles. The van der Waals surface area contributed by atoms with Crippen LogP contribution in [0.25, 0.3) is 0 Å². The Bertz CT molecular complexity index is 742. The van der Waals surface area contributed by atoms with Crippen molar-refractivity contribution >= 4 is 46.0 Å². The van der Waals surface area contributed by atoms with Crippen molar-refractivity contribution in [2.24, 2.45) is 5.18 Å². The molecule has 1 N–H and O–H groups in total. The van der Waals surface area contributed by atoms with Crippen LogP contribution in [0.5, 0.6) is 0 Å². The van der Waals surface area contributed by atoms with Gasteiger partial charge in [-0.15, -0.1) is 4.91 Å². The molecule has 1 aromatic rings. The van der Waals surface area contributed by atoms with Crippen LogP contribution in [0.4, 0.5) is 10.5 Å². The van der Waals surface area contributed by atoms with Gasteiger partial charge in [-0.3, -0.25) is 4.79 Å². The number of ether oxygens (including phenoxy) is 1. The van der Waals surface area contributed by atoms with Crippen molar-refractivity contribution in [2.45, 2.75) is 32.1 Å². The molecule has 0 aliphatic carbocycles. The normalized spacial score (nSPS) is 14.3. The van der Waals surface area contributed by atoms with E-state index < -0.39 is 11.7 Å².